The van der Waals surface area contributed by atoms with Crippen molar-refractivity contribution in [1.82, 2.24) is 0 Å². The van der Waals surface area contributed by atoms with Crippen molar-refractivity contribution < 1.29 is 14.7 Å². The van der Waals surface area contributed by atoms with E-state index in [1.54, 1.807) is 36.4 Å². The van der Waals surface area contributed by atoms with Crippen molar-refractivity contribution in [3.05, 3.63) is 92.6 Å². The number of aliphatic hydroxyl groups excluding tert-OH is 1. The SMILES string of the molecule is CCc1ccc(/C(O)=C2/C(=O)C(=O)N(c3cccc(Cl)c3)C2c2cccs2)cc1. The molecule has 1 aromatic heterocycles. The molecule has 4 nitrogen and oxygen atoms in total. The number of thiophene rings is 1. The molecule has 3 aromatic rings. The zero-order chi connectivity index (χ0) is 20.5. The van der Waals surface area contributed by atoms with Crippen LogP contribution in [0.1, 0.15) is 29.0 Å². The average Bonchev–Trinajstić information content (AvgIpc) is 3.35. The fourth-order valence-corrected chi connectivity index (χ4v) is 4.50. The standard InChI is InChI=1S/C23H18ClNO3S/c1-2-14-8-10-15(11-9-14)21(26)19-20(18-7-4-12-29-18)25(23(28)22(19)27)17-6-3-5-16(24)13-17/h3-13,20,26H,2H2,1H3/b21-19-. The van der Waals surface area contributed by atoms with Gasteiger partial charge in [0, 0.05) is 21.2 Å². The number of Topliss-reactive ketones (excluding diaryl/α,β-unsaturated/α-hetero) is 1. The first-order valence-corrected chi connectivity index (χ1v) is 10.5. The molecule has 0 radical (unpaired) electrons. The second-order valence-corrected chi connectivity index (χ2v) is 8.13. The minimum absolute atomic E-state index is 0.0849. The molecule has 0 bridgehead atoms. The van der Waals surface area contributed by atoms with E-state index in [2.05, 4.69) is 0 Å². The van der Waals surface area contributed by atoms with Crippen LogP contribution in [0.4, 0.5) is 5.69 Å². The number of anilines is 1. The van der Waals surface area contributed by atoms with E-state index in [1.165, 1.54) is 16.2 Å². The Morgan fingerprint density at radius 3 is 2.48 bits per heavy atom. The summed E-state index contributed by atoms with van der Waals surface area (Å²) in [5.74, 6) is -1.56. The van der Waals surface area contributed by atoms with Crippen molar-refractivity contribution in [3.8, 4) is 0 Å². The minimum atomic E-state index is -0.709. The third-order valence-corrected chi connectivity index (χ3v) is 6.14. The monoisotopic (exact) mass is 423 g/mol. The number of amides is 1. The number of halogens is 1. The molecule has 1 amide bonds. The Kier molecular flexibility index (Phi) is 5.26. The molecule has 6 heteroatoms. The largest absolute Gasteiger partial charge is 0.507 e. The van der Waals surface area contributed by atoms with Gasteiger partial charge in [0.25, 0.3) is 11.7 Å². The number of benzene rings is 2. The zero-order valence-corrected chi connectivity index (χ0v) is 17.2. The molecule has 0 aliphatic carbocycles. The predicted molar refractivity (Wildman–Crippen MR) is 116 cm³/mol. The number of carbonyl (C=O) groups is 2. The summed E-state index contributed by atoms with van der Waals surface area (Å²) in [4.78, 5) is 28.1. The summed E-state index contributed by atoms with van der Waals surface area (Å²) in [6.07, 6.45) is 0.870. The van der Waals surface area contributed by atoms with Gasteiger partial charge in [-0.3, -0.25) is 14.5 Å². The van der Waals surface area contributed by atoms with Gasteiger partial charge in [-0.05, 0) is 41.6 Å². The van der Waals surface area contributed by atoms with E-state index in [-0.39, 0.29) is 11.3 Å². The van der Waals surface area contributed by atoms with Crippen LogP contribution in [-0.4, -0.2) is 16.8 Å². The van der Waals surface area contributed by atoms with Gasteiger partial charge in [0.1, 0.15) is 11.8 Å². The van der Waals surface area contributed by atoms with Crippen molar-refractivity contribution in [3.63, 3.8) is 0 Å². The van der Waals surface area contributed by atoms with Gasteiger partial charge in [0.05, 0.1) is 5.57 Å². The van der Waals surface area contributed by atoms with Crippen molar-refractivity contribution in [1.29, 1.82) is 0 Å². The molecular formula is C23H18ClNO3S. The van der Waals surface area contributed by atoms with Gasteiger partial charge in [-0.25, -0.2) is 0 Å². The first-order chi connectivity index (χ1) is 14.0. The molecule has 1 aliphatic heterocycles. The van der Waals surface area contributed by atoms with Gasteiger partial charge in [0.2, 0.25) is 0 Å². The maximum Gasteiger partial charge on any atom is 0.300 e. The lowest BCUT2D eigenvalue weighted by Crippen LogP contribution is -2.29. The molecule has 1 N–H and O–H groups in total. The Balaban J connectivity index is 1.90. The molecule has 4 rings (SSSR count). The van der Waals surface area contributed by atoms with E-state index in [1.807, 2.05) is 36.6 Å². The van der Waals surface area contributed by atoms with Gasteiger partial charge in [-0.15, -0.1) is 11.3 Å². The molecule has 2 heterocycles. The van der Waals surface area contributed by atoms with E-state index in [0.717, 1.165) is 16.9 Å². The van der Waals surface area contributed by atoms with E-state index in [4.69, 9.17) is 11.6 Å². The Bertz CT molecular complexity index is 1100. The smallest absolute Gasteiger partial charge is 0.300 e. The van der Waals surface area contributed by atoms with Gasteiger partial charge in [-0.1, -0.05) is 54.9 Å². The highest BCUT2D eigenvalue weighted by molar-refractivity contribution is 7.10. The molecule has 29 heavy (non-hydrogen) atoms. The maximum atomic E-state index is 13.0. The van der Waals surface area contributed by atoms with E-state index in [0.29, 0.717) is 16.3 Å². The number of hydrogen-bond donors (Lipinski definition) is 1. The zero-order valence-electron chi connectivity index (χ0n) is 15.6. The van der Waals surface area contributed by atoms with E-state index < -0.39 is 17.7 Å². The first-order valence-electron chi connectivity index (χ1n) is 9.20. The van der Waals surface area contributed by atoms with Crippen LogP contribution in [0.25, 0.3) is 5.76 Å². The van der Waals surface area contributed by atoms with Crippen LogP contribution in [0.5, 0.6) is 0 Å². The van der Waals surface area contributed by atoms with Gasteiger partial charge < -0.3 is 5.11 Å². The number of carbonyl (C=O) groups excluding carboxylic acids is 2. The summed E-state index contributed by atoms with van der Waals surface area (Å²) in [5.41, 5.74) is 2.23. The van der Waals surface area contributed by atoms with Crippen LogP contribution in [0, 0.1) is 0 Å². The Labute approximate surface area is 177 Å². The lowest BCUT2D eigenvalue weighted by molar-refractivity contribution is -0.132. The molecule has 146 valence electrons. The highest BCUT2D eigenvalue weighted by atomic mass is 35.5. The van der Waals surface area contributed by atoms with Crippen LogP contribution in [0.15, 0.2) is 71.6 Å². The number of aryl methyl sites for hydroxylation is 1. The lowest BCUT2D eigenvalue weighted by atomic mass is 9.99. The predicted octanol–water partition coefficient (Wildman–Crippen LogP) is 5.59. The summed E-state index contributed by atoms with van der Waals surface area (Å²) in [6.45, 7) is 2.04. The lowest BCUT2D eigenvalue weighted by Gasteiger charge is -2.24. The minimum Gasteiger partial charge on any atom is -0.507 e. The number of aliphatic hydroxyl groups is 1. The maximum absolute atomic E-state index is 13.0. The molecule has 0 saturated carbocycles. The molecule has 1 atom stereocenters. The topological polar surface area (TPSA) is 57.6 Å². The number of rotatable bonds is 4. The van der Waals surface area contributed by atoms with Crippen LogP contribution in [0.3, 0.4) is 0 Å². The van der Waals surface area contributed by atoms with Crippen LogP contribution in [0.2, 0.25) is 5.02 Å². The van der Waals surface area contributed by atoms with Crippen molar-refractivity contribution in [2.75, 3.05) is 4.90 Å². The summed E-state index contributed by atoms with van der Waals surface area (Å²) in [7, 11) is 0. The molecule has 2 aromatic carbocycles. The quantitative estimate of drug-likeness (QED) is 0.338. The van der Waals surface area contributed by atoms with Crippen molar-refractivity contribution >= 4 is 46.1 Å². The van der Waals surface area contributed by atoms with Crippen LogP contribution < -0.4 is 4.90 Å². The molecule has 1 aliphatic rings. The second kappa shape index (κ2) is 7.85. The summed E-state index contributed by atoms with van der Waals surface area (Å²) in [6, 6.07) is 17.2. The molecular weight excluding hydrogens is 406 g/mol. The number of hydrogen-bond acceptors (Lipinski definition) is 4. The van der Waals surface area contributed by atoms with Crippen molar-refractivity contribution in [2.45, 2.75) is 19.4 Å². The average molecular weight is 424 g/mol. The molecule has 1 fully saturated rings. The van der Waals surface area contributed by atoms with Gasteiger partial charge in [-0.2, -0.15) is 0 Å². The fraction of sp³-hybridized carbons (Fsp3) is 0.130. The molecule has 1 saturated heterocycles. The highest BCUT2D eigenvalue weighted by Gasteiger charge is 2.47. The summed E-state index contributed by atoms with van der Waals surface area (Å²) in [5, 5.41) is 13.4. The third-order valence-electron chi connectivity index (χ3n) is 4.98. The summed E-state index contributed by atoms with van der Waals surface area (Å²) < 4.78 is 0. The number of nitrogens with zero attached hydrogens (tertiary/aromatic N) is 1. The highest BCUT2D eigenvalue weighted by Crippen LogP contribution is 2.43. The molecule has 1 unspecified atom stereocenters. The first kappa shape index (κ1) is 19.4. The third kappa shape index (κ3) is 3.48. The Morgan fingerprint density at radius 1 is 1.10 bits per heavy atom. The van der Waals surface area contributed by atoms with Crippen LogP contribution in [-0.2, 0) is 16.0 Å². The second-order valence-electron chi connectivity index (χ2n) is 6.71. The van der Waals surface area contributed by atoms with Crippen molar-refractivity contribution in [2.24, 2.45) is 0 Å². The van der Waals surface area contributed by atoms with E-state index in [9.17, 15) is 14.7 Å². The fourth-order valence-electron chi connectivity index (χ4n) is 3.49. The Morgan fingerprint density at radius 2 is 1.86 bits per heavy atom. The van der Waals surface area contributed by atoms with Gasteiger partial charge >= 0.3 is 0 Å². The van der Waals surface area contributed by atoms with Gasteiger partial charge in [0.15, 0.2) is 0 Å². The summed E-state index contributed by atoms with van der Waals surface area (Å²) >= 11 is 7.55. The van der Waals surface area contributed by atoms with Crippen LogP contribution >= 0.6 is 22.9 Å². The molecule has 0 spiro atoms. The normalized spacial score (nSPS) is 18.4. The Hall–Kier alpha value is -2.89. The number of ketones is 1. The van der Waals surface area contributed by atoms with E-state index >= 15 is 0 Å².